The molecule has 5 heterocycles. The Labute approximate surface area is 177 Å². The topological polar surface area (TPSA) is 88.0 Å². The van der Waals surface area contributed by atoms with Crippen LogP contribution in [0.3, 0.4) is 0 Å². The van der Waals surface area contributed by atoms with Gasteiger partial charge in [0.1, 0.15) is 16.4 Å². The quantitative estimate of drug-likeness (QED) is 0.459. The molecule has 0 bridgehead atoms. The van der Waals surface area contributed by atoms with E-state index in [1.54, 1.807) is 21.5 Å². The van der Waals surface area contributed by atoms with Crippen LogP contribution in [0, 0.1) is 6.92 Å². The van der Waals surface area contributed by atoms with E-state index in [1.807, 2.05) is 20.2 Å². The van der Waals surface area contributed by atoms with E-state index in [0.717, 1.165) is 30.2 Å². The second-order valence-corrected chi connectivity index (χ2v) is 8.17. The third-order valence-electron chi connectivity index (χ3n) is 5.79. The van der Waals surface area contributed by atoms with Gasteiger partial charge in [0.2, 0.25) is 0 Å². The molecular weight excluding hydrogens is 406 g/mol. The van der Waals surface area contributed by atoms with E-state index in [0.29, 0.717) is 39.8 Å². The molecule has 4 aromatic heterocycles. The molecule has 0 aromatic carbocycles. The molecule has 1 saturated heterocycles. The number of ether oxygens (including phenoxy) is 1. The zero-order valence-electron chi connectivity index (χ0n) is 17.1. The van der Waals surface area contributed by atoms with Crippen LogP contribution in [0.4, 0.5) is 0 Å². The first-order valence-electron chi connectivity index (χ1n) is 10.1. The zero-order valence-corrected chi connectivity index (χ0v) is 17.8. The Hall–Kier alpha value is -2.71. The third-order valence-corrected chi connectivity index (χ3v) is 5.99. The van der Waals surface area contributed by atoms with Crippen molar-refractivity contribution in [2.45, 2.75) is 45.3 Å². The fraction of sp³-hybridized carbons (Fsp3) is 0.429. The molecule has 1 aliphatic heterocycles. The largest absolute Gasteiger partial charge is 0.450 e. The van der Waals surface area contributed by atoms with Crippen molar-refractivity contribution in [3.8, 4) is 11.3 Å². The summed E-state index contributed by atoms with van der Waals surface area (Å²) in [6.45, 7) is 4.55. The summed E-state index contributed by atoms with van der Waals surface area (Å²) >= 11 is 6.28. The minimum absolute atomic E-state index is 0.0257. The van der Waals surface area contributed by atoms with Crippen molar-refractivity contribution in [2.75, 3.05) is 6.61 Å². The highest BCUT2D eigenvalue weighted by Gasteiger charge is 2.29. The number of aromatic nitrogens is 5. The molecule has 8 nitrogen and oxygen atoms in total. The Balaban J connectivity index is 1.86. The smallest absolute Gasteiger partial charge is 0.349 e. The average molecular weight is 428 g/mol. The second kappa shape index (κ2) is 7.21. The molecule has 9 heteroatoms. The van der Waals surface area contributed by atoms with Crippen molar-refractivity contribution in [3.63, 3.8) is 0 Å². The Kier molecular flexibility index (Phi) is 4.63. The number of rotatable bonds is 3. The Morgan fingerprint density at radius 3 is 2.87 bits per heavy atom. The van der Waals surface area contributed by atoms with Crippen LogP contribution in [0.2, 0.25) is 5.15 Å². The lowest BCUT2D eigenvalue weighted by Gasteiger charge is -2.30. The van der Waals surface area contributed by atoms with Gasteiger partial charge in [-0.1, -0.05) is 18.5 Å². The summed E-state index contributed by atoms with van der Waals surface area (Å²) in [4.78, 5) is 22.1. The van der Waals surface area contributed by atoms with Crippen LogP contribution in [0.15, 0.2) is 27.7 Å². The average Bonchev–Trinajstić information content (AvgIpc) is 3.32. The number of nitrogens with zero attached hydrogens (tertiary/aromatic N) is 5. The van der Waals surface area contributed by atoms with Gasteiger partial charge in [-0.05, 0) is 32.3 Å². The van der Waals surface area contributed by atoms with Gasteiger partial charge in [-0.25, -0.2) is 9.78 Å². The van der Waals surface area contributed by atoms with Crippen LogP contribution >= 0.6 is 11.6 Å². The summed E-state index contributed by atoms with van der Waals surface area (Å²) in [6, 6.07) is 1.73. The van der Waals surface area contributed by atoms with E-state index in [-0.39, 0.29) is 17.8 Å². The van der Waals surface area contributed by atoms with Crippen molar-refractivity contribution < 1.29 is 9.15 Å². The Morgan fingerprint density at radius 1 is 1.30 bits per heavy atom. The number of hydrogen-bond donors (Lipinski definition) is 0. The Morgan fingerprint density at radius 2 is 2.13 bits per heavy atom. The zero-order chi connectivity index (χ0) is 21.0. The molecule has 0 aliphatic carbocycles. The Bertz CT molecular complexity index is 1320. The van der Waals surface area contributed by atoms with Crippen LogP contribution in [0.25, 0.3) is 33.3 Å². The van der Waals surface area contributed by atoms with Crippen molar-refractivity contribution in [1.29, 1.82) is 0 Å². The SMILES string of the molecule is CC[C@H]1C[C@@H](n2c(=O)nc(-c3cnn(C)c3)c3oc4c(C)nc(Cl)cc4c32)CCO1. The summed E-state index contributed by atoms with van der Waals surface area (Å²) in [7, 11) is 1.82. The molecule has 0 N–H and O–H groups in total. The number of pyridine rings is 1. The van der Waals surface area contributed by atoms with E-state index in [2.05, 4.69) is 22.0 Å². The van der Waals surface area contributed by atoms with E-state index < -0.39 is 0 Å². The fourth-order valence-corrected chi connectivity index (χ4v) is 4.59. The molecule has 0 radical (unpaired) electrons. The van der Waals surface area contributed by atoms with Crippen molar-refractivity contribution in [1.82, 2.24) is 24.3 Å². The molecule has 1 aliphatic rings. The van der Waals surface area contributed by atoms with Crippen LogP contribution in [0.5, 0.6) is 0 Å². The van der Waals surface area contributed by atoms with Gasteiger partial charge >= 0.3 is 5.69 Å². The van der Waals surface area contributed by atoms with Gasteiger partial charge in [-0.2, -0.15) is 10.1 Å². The standard InChI is InChI=1S/C21H22ClN5O3/c1-4-14-7-13(5-6-29-14)27-18-15-8-16(22)24-11(2)19(15)30-20(18)17(25-21(27)28)12-9-23-26(3)10-12/h8-10,13-14H,4-7H2,1-3H3/t13-,14-/m0/s1. The minimum Gasteiger partial charge on any atom is -0.450 e. The minimum atomic E-state index is -0.309. The van der Waals surface area contributed by atoms with Gasteiger partial charge in [0, 0.05) is 36.8 Å². The molecule has 0 spiro atoms. The molecule has 1 fully saturated rings. The number of aryl methyl sites for hydroxylation is 2. The van der Waals surface area contributed by atoms with Gasteiger partial charge < -0.3 is 9.15 Å². The number of halogens is 1. The first-order chi connectivity index (χ1) is 14.5. The summed E-state index contributed by atoms with van der Waals surface area (Å²) in [5, 5.41) is 5.36. The van der Waals surface area contributed by atoms with Gasteiger partial charge in [-0.3, -0.25) is 9.25 Å². The highest BCUT2D eigenvalue weighted by atomic mass is 35.5. The van der Waals surface area contributed by atoms with E-state index >= 15 is 0 Å². The van der Waals surface area contributed by atoms with Gasteiger partial charge in [0.25, 0.3) is 0 Å². The molecule has 30 heavy (non-hydrogen) atoms. The first-order valence-corrected chi connectivity index (χ1v) is 10.5. The predicted octanol–water partition coefficient (Wildman–Crippen LogP) is 4.03. The maximum atomic E-state index is 13.3. The lowest BCUT2D eigenvalue weighted by atomic mass is 10.0. The molecule has 0 saturated carbocycles. The maximum absolute atomic E-state index is 13.3. The van der Waals surface area contributed by atoms with Crippen LogP contribution in [0.1, 0.15) is 37.9 Å². The number of hydrogen-bond acceptors (Lipinski definition) is 6. The summed E-state index contributed by atoms with van der Waals surface area (Å²) < 4.78 is 15.5. The van der Waals surface area contributed by atoms with Crippen molar-refractivity contribution >= 4 is 33.7 Å². The van der Waals surface area contributed by atoms with Crippen LogP contribution < -0.4 is 5.69 Å². The lowest BCUT2D eigenvalue weighted by molar-refractivity contribution is -0.00709. The summed E-state index contributed by atoms with van der Waals surface area (Å²) in [6.07, 6.45) is 6.01. The van der Waals surface area contributed by atoms with Gasteiger partial charge in [0.05, 0.1) is 18.0 Å². The second-order valence-electron chi connectivity index (χ2n) is 7.78. The molecule has 0 amide bonds. The van der Waals surface area contributed by atoms with Crippen LogP contribution in [-0.4, -0.2) is 37.0 Å². The predicted molar refractivity (Wildman–Crippen MR) is 114 cm³/mol. The molecule has 2 atom stereocenters. The summed E-state index contributed by atoms with van der Waals surface area (Å²) in [5.74, 6) is 0. The first kappa shape index (κ1) is 19.3. The lowest BCUT2D eigenvalue weighted by Crippen LogP contribution is -2.34. The normalized spacial score (nSPS) is 19.7. The van der Waals surface area contributed by atoms with Crippen molar-refractivity contribution in [2.24, 2.45) is 7.05 Å². The third kappa shape index (κ3) is 3.02. The molecule has 156 valence electrons. The molecule has 4 aromatic rings. The molecule has 0 unspecified atom stereocenters. The van der Waals surface area contributed by atoms with Crippen molar-refractivity contribution in [3.05, 3.63) is 39.8 Å². The van der Waals surface area contributed by atoms with E-state index in [9.17, 15) is 4.79 Å². The van der Waals surface area contributed by atoms with Gasteiger partial charge in [-0.15, -0.1) is 0 Å². The van der Waals surface area contributed by atoms with E-state index in [1.165, 1.54) is 0 Å². The maximum Gasteiger partial charge on any atom is 0.349 e. The number of furan rings is 1. The molecular formula is C21H22ClN5O3. The van der Waals surface area contributed by atoms with Gasteiger partial charge in [0.15, 0.2) is 11.2 Å². The fourth-order valence-electron chi connectivity index (χ4n) is 4.35. The highest BCUT2D eigenvalue weighted by Crippen LogP contribution is 2.38. The monoisotopic (exact) mass is 427 g/mol. The number of fused-ring (bicyclic) bond motifs is 3. The molecule has 5 rings (SSSR count). The van der Waals surface area contributed by atoms with Crippen LogP contribution in [-0.2, 0) is 11.8 Å². The summed E-state index contributed by atoms with van der Waals surface area (Å²) in [5.41, 5.74) is 3.42. The van der Waals surface area contributed by atoms with E-state index in [4.69, 9.17) is 20.8 Å². The highest BCUT2D eigenvalue weighted by molar-refractivity contribution is 6.30.